The predicted octanol–water partition coefficient (Wildman–Crippen LogP) is 1.87. The number of nitrogens with two attached hydrogens (primary N) is 1. The molecule has 7 nitrogen and oxygen atoms in total. The molecule has 0 unspecified atom stereocenters. The molecule has 2 aromatic carbocycles. The van der Waals surface area contributed by atoms with Gasteiger partial charge in [0, 0.05) is 18.1 Å². The number of hydrogen-bond acceptors (Lipinski definition) is 5. The van der Waals surface area contributed by atoms with Crippen LogP contribution in [-0.4, -0.2) is 31.6 Å². The molecule has 3 rings (SSSR count). The predicted molar refractivity (Wildman–Crippen MR) is 110 cm³/mol. The second kappa shape index (κ2) is 8.72. The average molecular weight is 434 g/mol. The number of amides is 1. The van der Waals surface area contributed by atoms with Crippen LogP contribution in [0, 0.1) is 11.6 Å². The van der Waals surface area contributed by atoms with Gasteiger partial charge in [-0.3, -0.25) is 4.79 Å². The summed E-state index contributed by atoms with van der Waals surface area (Å²) in [5.74, 6) is -2.30. The Morgan fingerprint density at radius 1 is 1.10 bits per heavy atom. The number of aromatic nitrogens is 1. The molecule has 0 radical (unpaired) electrons. The number of sulfonamides is 1. The lowest BCUT2D eigenvalue weighted by atomic mass is 10.1. The van der Waals surface area contributed by atoms with E-state index in [2.05, 4.69) is 15.0 Å². The minimum atomic E-state index is -3.72. The Bertz CT molecular complexity index is 1200. The summed E-state index contributed by atoms with van der Waals surface area (Å²) in [6, 6.07) is 9.14. The molecule has 0 saturated carbocycles. The molecule has 0 aliphatic heterocycles. The lowest BCUT2D eigenvalue weighted by Crippen LogP contribution is -2.47. The molecule has 1 heterocycles. The van der Waals surface area contributed by atoms with E-state index in [4.69, 9.17) is 5.73 Å². The van der Waals surface area contributed by atoms with Gasteiger partial charge >= 0.3 is 0 Å². The molecule has 1 aromatic heterocycles. The number of rotatable bonds is 7. The van der Waals surface area contributed by atoms with E-state index in [0.29, 0.717) is 5.82 Å². The van der Waals surface area contributed by atoms with E-state index in [1.54, 1.807) is 24.4 Å². The summed E-state index contributed by atoms with van der Waals surface area (Å²) in [6.07, 6.45) is 2.35. The third-order valence-electron chi connectivity index (χ3n) is 4.42. The monoisotopic (exact) mass is 434 g/mol. The molecule has 1 atom stereocenters. The van der Waals surface area contributed by atoms with Crippen molar-refractivity contribution in [1.82, 2.24) is 15.0 Å². The summed E-state index contributed by atoms with van der Waals surface area (Å²) in [4.78, 5) is 16.6. The van der Waals surface area contributed by atoms with Crippen molar-refractivity contribution in [2.75, 3.05) is 12.0 Å². The van der Waals surface area contributed by atoms with Crippen molar-refractivity contribution in [3.63, 3.8) is 0 Å². The van der Waals surface area contributed by atoms with Crippen LogP contribution in [0.5, 0.6) is 0 Å². The number of benzene rings is 2. The Hall–Kier alpha value is -3.11. The van der Waals surface area contributed by atoms with Gasteiger partial charge in [-0.1, -0.05) is 18.2 Å². The number of pyridine rings is 1. The molecule has 0 bridgehead atoms. The number of nitrogens with zero attached hydrogens (tertiary/aromatic N) is 1. The quantitative estimate of drug-likeness (QED) is 0.525. The maximum atomic E-state index is 13.5. The summed E-state index contributed by atoms with van der Waals surface area (Å²) < 4.78 is 52.2. The van der Waals surface area contributed by atoms with Crippen LogP contribution in [0.25, 0.3) is 10.8 Å². The van der Waals surface area contributed by atoms with Gasteiger partial charge in [-0.2, -0.15) is 0 Å². The van der Waals surface area contributed by atoms with Gasteiger partial charge in [0.25, 0.3) is 0 Å². The Kier molecular flexibility index (Phi) is 6.28. The van der Waals surface area contributed by atoms with Gasteiger partial charge in [0.15, 0.2) is 11.6 Å². The van der Waals surface area contributed by atoms with Gasteiger partial charge in [0.05, 0.1) is 6.26 Å². The SMILES string of the molecule is CS(=O)(=O)N[C@@H](Cc1ccc(F)c(F)c1)C(=O)NCc1ccc2c(N)nccc2c1. The van der Waals surface area contributed by atoms with Gasteiger partial charge in [-0.25, -0.2) is 26.9 Å². The zero-order valence-corrected chi connectivity index (χ0v) is 16.8. The molecule has 3 aromatic rings. The lowest BCUT2D eigenvalue weighted by molar-refractivity contribution is -0.122. The van der Waals surface area contributed by atoms with Crippen LogP contribution in [-0.2, 0) is 27.8 Å². The van der Waals surface area contributed by atoms with Crippen molar-refractivity contribution in [2.45, 2.75) is 19.0 Å². The number of halogens is 2. The number of nitrogens with one attached hydrogen (secondary N) is 2. The van der Waals surface area contributed by atoms with Crippen molar-refractivity contribution in [2.24, 2.45) is 0 Å². The average Bonchev–Trinajstić information content (AvgIpc) is 2.67. The van der Waals surface area contributed by atoms with Gasteiger partial charge in [0.2, 0.25) is 15.9 Å². The van der Waals surface area contributed by atoms with E-state index >= 15 is 0 Å². The summed E-state index contributed by atoms with van der Waals surface area (Å²) >= 11 is 0. The highest BCUT2D eigenvalue weighted by molar-refractivity contribution is 7.88. The molecule has 1 amide bonds. The molecule has 4 N–H and O–H groups in total. The number of anilines is 1. The maximum absolute atomic E-state index is 13.5. The molecule has 0 aliphatic carbocycles. The number of carbonyl (C=O) groups is 1. The van der Waals surface area contributed by atoms with Crippen LogP contribution in [0.2, 0.25) is 0 Å². The third kappa shape index (κ3) is 5.49. The second-order valence-electron chi connectivity index (χ2n) is 6.86. The van der Waals surface area contributed by atoms with E-state index in [1.807, 2.05) is 6.07 Å². The number of carbonyl (C=O) groups excluding carboxylic acids is 1. The zero-order valence-electron chi connectivity index (χ0n) is 16.0. The van der Waals surface area contributed by atoms with Crippen LogP contribution in [0.3, 0.4) is 0 Å². The first-order chi connectivity index (χ1) is 14.1. The Balaban J connectivity index is 1.74. The zero-order chi connectivity index (χ0) is 21.9. The van der Waals surface area contributed by atoms with Gasteiger partial charge in [-0.15, -0.1) is 0 Å². The minimum Gasteiger partial charge on any atom is -0.383 e. The highest BCUT2D eigenvalue weighted by Crippen LogP contribution is 2.20. The van der Waals surface area contributed by atoms with Crippen LogP contribution >= 0.6 is 0 Å². The molecule has 30 heavy (non-hydrogen) atoms. The molecule has 0 fully saturated rings. The fraction of sp³-hybridized carbons (Fsp3) is 0.200. The van der Waals surface area contributed by atoms with E-state index < -0.39 is 33.6 Å². The van der Waals surface area contributed by atoms with E-state index in [1.165, 1.54) is 6.07 Å². The van der Waals surface area contributed by atoms with Gasteiger partial charge < -0.3 is 11.1 Å². The number of nitrogen functional groups attached to an aromatic ring is 1. The highest BCUT2D eigenvalue weighted by atomic mass is 32.2. The fourth-order valence-electron chi connectivity index (χ4n) is 3.02. The lowest BCUT2D eigenvalue weighted by Gasteiger charge is -2.18. The molecular weight excluding hydrogens is 414 g/mol. The standard InChI is InChI=1S/C20H20F2N4O3S/c1-30(28,29)26-18(10-12-3-5-16(21)17(22)9-12)20(27)25-11-13-2-4-15-14(8-13)6-7-24-19(15)23/h2-9,18,26H,10-11H2,1H3,(H2,23,24)(H,25,27)/t18-/m0/s1. The summed E-state index contributed by atoms with van der Waals surface area (Å²) in [5.41, 5.74) is 6.87. The topological polar surface area (TPSA) is 114 Å². The van der Waals surface area contributed by atoms with E-state index in [9.17, 15) is 22.0 Å². The number of fused-ring (bicyclic) bond motifs is 1. The highest BCUT2D eigenvalue weighted by Gasteiger charge is 2.23. The van der Waals surface area contributed by atoms with Crippen molar-refractivity contribution in [3.8, 4) is 0 Å². The van der Waals surface area contributed by atoms with Crippen molar-refractivity contribution in [1.29, 1.82) is 0 Å². The summed E-state index contributed by atoms with van der Waals surface area (Å²) in [5, 5.41) is 4.30. The Morgan fingerprint density at radius 2 is 1.83 bits per heavy atom. The van der Waals surface area contributed by atoms with E-state index in [0.717, 1.165) is 34.7 Å². The first kappa shape index (κ1) is 21.6. The van der Waals surface area contributed by atoms with Crippen LogP contribution in [0.4, 0.5) is 14.6 Å². The molecule has 0 saturated heterocycles. The molecular formula is C20H20F2N4O3S. The molecule has 0 spiro atoms. The van der Waals surface area contributed by atoms with Crippen molar-refractivity contribution in [3.05, 3.63) is 71.4 Å². The third-order valence-corrected chi connectivity index (χ3v) is 5.14. The molecule has 158 valence electrons. The molecule has 0 aliphatic rings. The first-order valence-corrected chi connectivity index (χ1v) is 10.8. The first-order valence-electron chi connectivity index (χ1n) is 8.94. The maximum Gasteiger partial charge on any atom is 0.238 e. The van der Waals surface area contributed by atoms with Crippen molar-refractivity contribution >= 4 is 32.5 Å². The Labute approximate surface area is 172 Å². The summed E-state index contributed by atoms with van der Waals surface area (Å²) in [6.45, 7) is 0.136. The van der Waals surface area contributed by atoms with Crippen LogP contribution < -0.4 is 15.8 Å². The van der Waals surface area contributed by atoms with E-state index in [-0.39, 0.29) is 18.5 Å². The van der Waals surface area contributed by atoms with Gasteiger partial charge in [-0.05, 0) is 47.2 Å². The van der Waals surface area contributed by atoms with Crippen LogP contribution in [0.1, 0.15) is 11.1 Å². The van der Waals surface area contributed by atoms with Gasteiger partial charge in [0.1, 0.15) is 11.9 Å². The summed E-state index contributed by atoms with van der Waals surface area (Å²) in [7, 11) is -3.72. The molecule has 10 heteroatoms. The van der Waals surface area contributed by atoms with Crippen molar-refractivity contribution < 1.29 is 22.0 Å². The fourth-order valence-corrected chi connectivity index (χ4v) is 3.73. The smallest absolute Gasteiger partial charge is 0.238 e. The van der Waals surface area contributed by atoms with Crippen LogP contribution in [0.15, 0.2) is 48.7 Å². The Morgan fingerprint density at radius 3 is 2.53 bits per heavy atom. The second-order valence-corrected chi connectivity index (χ2v) is 8.64. The normalized spacial score (nSPS) is 12.6. The largest absolute Gasteiger partial charge is 0.383 e. The minimum absolute atomic E-state index is 0.136. The number of hydrogen-bond donors (Lipinski definition) is 3.